The third-order valence-corrected chi connectivity index (χ3v) is 4.23. The molecule has 3 rings (SSSR count). The smallest absolute Gasteiger partial charge is 0.307 e. The Hall–Kier alpha value is -2.30. The average molecular weight is 300 g/mol. The Morgan fingerprint density at radius 2 is 1.82 bits per heavy atom. The Labute approximate surface area is 129 Å². The molecule has 1 aliphatic heterocycles. The quantitative estimate of drug-likeness (QED) is 0.942. The lowest BCUT2D eigenvalue weighted by Gasteiger charge is -2.27. The van der Waals surface area contributed by atoms with Crippen LogP contribution in [0.2, 0.25) is 0 Å². The fourth-order valence-electron chi connectivity index (χ4n) is 3.15. The van der Waals surface area contributed by atoms with Gasteiger partial charge in [-0.25, -0.2) is 0 Å². The summed E-state index contributed by atoms with van der Waals surface area (Å²) < 4.78 is 1.88. The molecular weight excluding hydrogens is 280 g/mol. The molecule has 1 aromatic carbocycles. The number of aromatic nitrogens is 1. The second kappa shape index (κ2) is 6.22. The Balaban J connectivity index is 1.86. The predicted octanol–water partition coefficient (Wildman–Crippen LogP) is 2.28. The summed E-state index contributed by atoms with van der Waals surface area (Å²) in [5, 5.41) is 9.95. The molecule has 5 nitrogen and oxygen atoms in total. The standard InChI is InChI=1S/C17H20N2O3/c20-16(18-8-4-1-5-9-18)12-19-11-13(10-17(21)22)14-6-2-3-7-15(14)19/h2-3,6-7,11H,1,4-5,8-10,12H2,(H,21,22). The van der Waals surface area contributed by atoms with E-state index in [1.54, 1.807) is 6.20 Å². The summed E-state index contributed by atoms with van der Waals surface area (Å²) in [6, 6.07) is 7.65. The van der Waals surface area contributed by atoms with Gasteiger partial charge in [0, 0.05) is 30.2 Å². The molecule has 1 N–H and O–H groups in total. The van der Waals surface area contributed by atoms with E-state index in [1.807, 2.05) is 33.7 Å². The molecule has 0 unspecified atom stereocenters. The van der Waals surface area contributed by atoms with Gasteiger partial charge in [-0.15, -0.1) is 0 Å². The van der Waals surface area contributed by atoms with Crippen LogP contribution in [-0.4, -0.2) is 39.5 Å². The maximum Gasteiger partial charge on any atom is 0.307 e. The van der Waals surface area contributed by atoms with Gasteiger partial charge in [0.1, 0.15) is 6.54 Å². The van der Waals surface area contributed by atoms with Crippen molar-refractivity contribution >= 4 is 22.8 Å². The maximum absolute atomic E-state index is 12.4. The van der Waals surface area contributed by atoms with Crippen LogP contribution in [0.4, 0.5) is 0 Å². The van der Waals surface area contributed by atoms with Crippen LogP contribution in [0.5, 0.6) is 0 Å². The van der Waals surface area contributed by atoms with Crippen LogP contribution < -0.4 is 0 Å². The van der Waals surface area contributed by atoms with Crippen molar-refractivity contribution in [2.45, 2.75) is 32.2 Å². The summed E-state index contributed by atoms with van der Waals surface area (Å²) in [4.78, 5) is 25.4. The fraction of sp³-hybridized carbons (Fsp3) is 0.412. The van der Waals surface area contributed by atoms with Crippen LogP contribution in [0.15, 0.2) is 30.5 Å². The van der Waals surface area contributed by atoms with E-state index in [-0.39, 0.29) is 18.9 Å². The zero-order valence-electron chi connectivity index (χ0n) is 12.5. The second-order valence-corrected chi connectivity index (χ2v) is 5.81. The number of likely N-dealkylation sites (tertiary alicyclic amines) is 1. The Bertz CT molecular complexity index is 699. The first-order chi connectivity index (χ1) is 10.6. The zero-order valence-corrected chi connectivity index (χ0v) is 12.5. The predicted molar refractivity (Wildman–Crippen MR) is 83.7 cm³/mol. The number of aliphatic carboxylic acids is 1. The number of carbonyl (C=O) groups excluding carboxylic acids is 1. The molecule has 22 heavy (non-hydrogen) atoms. The first-order valence-electron chi connectivity index (χ1n) is 7.71. The summed E-state index contributed by atoms with van der Waals surface area (Å²) in [6.45, 7) is 1.94. The van der Waals surface area contributed by atoms with Gasteiger partial charge in [-0.2, -0.15) is 0 Å². The van der Waals surface area contributed by atoms with Crippen LogP contribution in [0.3, 0.4) is 0 Å². The van der Waals surface area contributed by atoms with E-state index >= 15 is 0 Å². The molecule has 1 aliphatic rings. The van der Waals surface area contributed by atoms with Gasteiger partial charge in [0.15, 0.2) is 0 Å². The van der Waals surface area contributed by atoms with Gasteiger partial charge in [0.2, 0.25) is 5.91 Å². The molecule has 0 spiro atoms. The molecule has 0 saturated carbocycles. The lowest BCUT2D eigenvalue weighted by atomic mass is 10.1. The highest BCUT2D eigenvalue weighted by Crippen LogP contribution is 2.22. The second-order valence-electron chi connectivity index (χ2n) is 5.81. The van der Waals surface area contributed by atoms with E-state index in [0.29, 0.717) is 0 Å². The number of carboxylic acid groups (broad SMARTS) is 1. The van der Waals surface area contributed by atoms with E-state index in [2.05, 4.69) is 0 Å². The average Bonchev–Trinajstić information content (AvgIpc) is 2.86. The Kier molecular flexibility index (Phi) is 4.13. The number of nitrogens with zero attached hydrogens (tertiary/aromatic N) is 2. The highest BCUT2D eigenvalue weighted by atomic mass is 16.4. The van der Waals surface area contributed by atoms with E-state index < -0.39 is 5.97 Å². The van der Waals surface area contributed by atoms with Crippen LogP contribution in [0.1, 0.15) is 24.8 Å². The van der Waals surface area contributed by atoms with E-state index in [9.17, 15) is 9.59 Å². The van der Waals surface area contributed by atoms with Gasteiger partial charge < -0.3 is 14.6 Å². The number of carboxylic acids is 1. The minimum absolute atomic E-state index is 0.0224. The molecule has 0 bridgehead atoms. The molecule has 1 amide bonds. The van der Waals surface area contributed by atoms with Crippen molar-refractivity contribution in [3.05, 3.63) is 36.0 Å². The molecule has 2 heterocycles. The fourth-order valence-corrected chi connectivity index (χ4v) is 3.15. The van der Waals surface area contributed by atoms with Crippen molar-refractivity contribution in [1.29, 1.82) is 0 Å². The van der Waals surface area contributed by atoms with Gasteiger partial charge in [-0.1, -0.05) is 18.2 Å². The largest absolute Gasteiger partial charge is 0.481 e. The first-order valence-corrected chi connectivity index (χ1v) is 7.71. The number of para-hydroxylation sites is 1. The molecule has 5 heteroatoms. The van der Waals surface area contributed by atoms with Gasteiger partial charge >= 0.3 is 5.97 Å². The Morgan fingerprint density at radius 3 is 2.55 bits per heavy atom. The molecule has 0 atom stereocenters. The molecule has 2 aromatic rings. The third-order valence-electron chi connectivity index (χ3n) is 4.23. The normalized spacial score (nSPS) is 15.2. The summed E-state index contributed by atoms with van der Waals surface area (Å²) in [5.74, 6) is -0.743. The number of fused-ring (bicyclic) bond motifs is 1. The number of amides is 1. The number of hydrogen-bond acceptors (Lipinski definition) is 2. The summed E-state index contributed by atoms with van der Waals surface area (Å²) in [6.07, 6.45) is 5.12. The number of carbonyl (C=O) groups is 2. The molecule has 1 saturated heterocycles. The van der Waals surface area contributed by atoms with Gasteiger partial charge in [0.25, 0.3) is 0 Å². The van der Waals surface area contributed by atoms with Gasteiger partial charge in [-0.3, -0.25) is 9.59 Å². The number of rotatable bonds is 4. The lowest BCUT2D eigenvalue weighted by molar-refractivity contribution is -0.136. The van der Waals surface area contributed by atoms with Crippen molar-refractivity contribution in [3.8, 4) is 0 Å². The van der Waals surface area contributed by atoms with Crippen molar-refractivity contribution in [1.82, 2.24) is 9.47 Å². The number of piperidine rings is 1. The van der Waals surface area contributed by atoms with Crippen molar-refractivity contribution in [3.63, 3.8) is 0 Å². The molecule has 116 valence electrons. The third kappa shape index (κ3) is 2.98. The van der Waals surface area contributed by atoms with Crippen LogP contribution >= 0.6 is 0 Å². The van der Waals surface area contributed by atoms with Gasteiger partial charge in [-0.05, 0) is 30.9 Å². The molecule has 0 aliphatic carbocycles. The maximum atomic E-state index is 12.4. The highest BCUT2D eigenvalue weighted by molar-refractivity contribution is 5.89. The topological polar surface area (TPSA) is 62.5 Å². The van der Waals surface area contributed by atoms with Crippen molar-refractivity contribution in [2.24, 2.45) is 0 Å². The van der Waals surface area contributed by atoms with Crippen LogP contribution in [-0.2, 0) is 22.6 Å². The van der Waals surface area contributed by atoms with Crippen LogP contribution in [0, 0.1) is 0 Å². The molecule has 1 fully saturated rings. The number of hydrogen-bond donors (Lipinski definition) is 1. The van der Waals surface area contributed by atoms with Crippen molar-refractivity contribution in [2.75, 3.05) is 13.1 Å². The lowest BCUT2D eigenvalue weighted by Crippen LogP contribution is -2.37. The Morgan fingerprint density at radius 1 is 1.09 bits per heavy atom. The van der Waals surface area contributed by atoms with Gasteiger partial charge in [0.05, 0.1) is 6.42 Å². The zero-order chi connectivity index (χ0) is 15.5. The molecular formula is C17H20N2O3. The summed E-state index contributed by atoms with van der Waals surface area (Å²) in [5.41, 5.74) is 1.68. The monoisotopic (exact) mass is 300 g/mol. The van der Waals surface area contributed by atoms with E-state index in [0.717, 1.165) is 42.4 Å². The van der Waals surface area contributed by atoms with E-state index in [1.165, 1.54) is 6.42 Å². The minimum Gasteiger partial charge on any atom is -0.481 e. The number of benzene rings is 1. The van der Waals surface area contributed by atoms with Crippen LogP contribution in [0.25, 0.3) is 10.9 Å². The van der Waals surface area contributed by atoms with E-state index in [4.69, 9.17) is 5.11 Å². The molecule has 0 radical (unpaired) electrons. The SMILES string of the molecule is O=C(O)Cc1cn(CC(=O)N2CCCCC2)c2ccccc12. The minimum atomic E-state index is -0.856. The molecule has 1 aromatic heterocycles. The highest BCUT2D eigenvalue weighted by Gasteiger charge is 2.18. The summed E-state index contributed by atoms with van der Waals surface area (Å²) in [7, 11) is 0. The van der Waals surface area contributed by atoms with Crippen molar-refractivity contribution < 1.29 is 14.7 Å². The first kappa shape index (κ1) is 14.6. The summed E-state index contributed by atoms with van der Waals surface area (Å²) >= 11 is 0.